The highest BCUT2D eigenvalue weighted by Gasteiger charge is 2.35. The molecular weight excluding hydrogens is 2170 g/mol. The van der Waals surface area contributed by atoms with Crippen LogP contribution < -0.4 is 42.5 Å². The van der Waals surface area contributed by atoms with Crippen LogP contribution in [0, 0.1) is 32.1 Å². The van der Waals surface area contributed by atoms with Gasteiger partial charge in [-0.3, -0.25) is 43.2 Å². The van der Waals surface area contributed by atoms with E-state index in [-0.39, 0.29) is 102 Å². The molecular formula is C47H54I9N9O21. The molecule has 0 aromatic heterocycles. The van der Waals surface area contributed by atoms with Crippen LogP contribution in [-0.2, 0) is 14.4 Å². The number of anilines is 3. The monoisotopic (exact) mass is 2220 g/mol. The Kier molecular flexibility index (Phi) is 35.2. The molecule has 0 saturated carbocycles. The van der Waals surface area contributed by atoms with E-state index in [1.165, 1.54) is 4.90 Å². The molecule has 3 aromatic carbocycles. The van der Waals surface area contributed by atoms with Crippen LogP contribution in [0.3, 0.4) is 0 Å². The van der Waals surface area contributed by atoms with Crippen LogP contribution in [0.25, 0.3) is 0 Å². The van der Waals surface area contributed by atoms with Crippen LogP contribution in [-0.4, -0.2) is 241 Å². The van der Waals surface area contributed by atoms with E-state index in [1.807, 2.05) is 0 Å². The highest BCUT2D eigenvalue weighted by Crippen LogP contribution is 2.39. The summed E-state index contributed by atoms with van der Waals surface area (Å²) in [5.41, 5.74) is -1.62. The molecule has 6 atom stereocenters. The highest BCUT2D eigenvalue weighted by molar-refractivity contribution is 14.1. The zero-order valence-corrected chi connectivity index (χ0v) is 63.2. The lowest BCUT2D eigenvalue weighted by molar-refractivity contribution is -0.126. The van der Waals surface area contributed by atoms with E-state index in [0.717, 1.165) is 0 Å². The van der Waals surface area contributed by atoms with Crippen molar-refractivity contribution in [2.24, 2.45) is 0 Å². The number of halogens is 9. The van der Waals surface area contributed by atoms with Gasteiger partial charge in [-0.05, 0) is 210 Å². The van der Waals surface area contributed by atoms with Crippen molar-refractivity contribution in [2.75, 3.05) is 101 Å². The number of hydrogen-bond donors (Lipinski definition) is 20. The number of hydrogen-bond acceptors (Lipinski definition) is 21. The molecule has 3 rings (SSSR count). The van der Waals surface area contributed by atoms with Crippen LogP contribution in [0.2, 0.25) is 0 Å². The van der Waals surface area contributed by atoms with Gasteiger partial charge < -0.3 is 109 Å². The normalized spacial score (nSPS) is 13.3. The van der Waals surface area contributed by atoms with Crippen molar-refractivity contribution in [3.8, 4) is 0 Å². The first-order valence-electron chi connectivity index (χ1n) is 24.4. The van der Waals surface area contributed by atoms with Gasteiger partial charge in [0.15, 0.2) is 18.3 Å². The Bertz CT molecular complexity index is 3060. The first kappa shape index (κ1) is 79.2. The minimum absolute atomic E-state index is 0.00153. The molecule has 0 saturated heterocycles. The number of rotatable bonds is 31. The molecule has 0 spiro atoms. The molecule has 9 amide bonds. The van der Waals surface area contributed by atoms with Crippen molar-refractivity contribution in [3.63, 3.8) is 0 Å². The Hall–Kier alpha value is -1.02. The number of amides is 9. The van der Waals surface area contributed by atoms with Crippen molar-refractivity contribution in [3.05, 3.63) is 65.5 Å². The number of benzene rings is 3. The maximum absolute atomic E-state index is 15.3. The number of carbonyl (C=O) groups excluding carboxylic acids is 9. The second-order valence-corrected chi connectivity index (χ2v) is 27.3. The summed E-state index contributed by atoms with van der Waals surface area (Å²) in [6, 6.07) is 0. The molecule has 30 nitrogen and oxygen atoms in total. The van der Waals surface area contributed by atoms with Gasteiger partial charge in [0.25, 0.3) is 53.2 Å². The van der Waals surface area contributed by atoms with Crippen molar-refractivity contribution in [1.82, 2.24) is 31.5 Å². The van der Waals surface area contributed by atoms with Crippen LogP contribution in [0.1, 0.15) is 68.6 Å². The van der Waals surface area contributed by atoms with E-state index in [1.54, 1.807) is 203 Å². The number of aliphatic hydroxyl groups excluding tert-OH is 12. The molecule has 0 bridgehead atoms. The highest BCUT2D eigenvalue weighted by atomic mass is 127. The van der Waals surface area contributed by atoms with E-state index in [0.29, 0.717) is 0 Å². The van der Waals surface area contributed by atoms with Crippen molar-refractivity contribution < 1.29 is 104 Å². The SMILES string of the molecule is O=C(NCCCN(CCNC(=O)c1c(I)c(NC(=O)C(O)CO)c(I)c(C(=O)NCC(O)CO)c1I)C(=O)c1c(I)c(NC(=O)C(O)CO)c(I)c(C(=O)NCC(O)CO)c1I)c1c(I)c(NC(=O)C(O)CO)c(I)c(C(=O)NCC(O)CO)c1I. The molecule has 0 fully saturated rings. The summed E-state index contributed by atoms with van der Waals surface area (Å²) in [5.74, 6) is -8.55. The predicted molar refractivity (Wildman–Crippen MR) is 380 cm³/mol. The predicted octanol–water partition coefficient (Wildman–Crippen LogP) is -2.06. The molecule has 0 aliphatic heterocycles. The van der Waals surface area contributed by atoms with Crippen LogP contribution >= 0.6 is 203 Å². The molecule has 39 heteroatoms. The molecule has 0 aliphatic rings. The van der Waals surface area contributed by atoms with E-state index in [2.05, 4.69) is 42.5 Å². The third kappa shape index (κ3) is 21.0. The topological polar surface area (TPSA) is 496 Å². The van der Waals surface area contributed by atoms with Gasteiger partial charge in [-0.25, -0.2) is 0 Å². The Morgan fingerprint density at radius 2 is 0.593 bits per heavy atom. The lowest BCUT2D eigenvalue weighted by Crippen LogP contribution is -2.42. The van der Waals surface area contributed by atoms with Gasteiger partial charge in [-0.1, -0.05) is 0 Å². The Labute approximate surface area is 611 Å². The smallest absolute Gasteiger partial charge is 0.256 e. The van der Waals surface area contributed by atoms with Crippen molar-refractivity contribution in [2.45, 2.75) is 43.0 Å². The second kappa shape index (κ2) is 38.2. The largest absolute Gasteiger partial charge is 0.394 e. The van der Waals surface area contributed by atoms with Gasteiger partial charge in [0.2, 0.25) is 0 Å². The van der Waals surface area contributed by atoms with Gasteiger partial charge in [0, 0.05) is 56.5 Å². The Morgan fingerprint density at radius 1 is 0.337 bits per heavy atom. The van der Waals surface area contributed by atoms with Gasteiger partial charge >= 0.3 is 0 Å². The summed E-state index contributed by atoms with van der Waals surface area (Å²) < 4.78 is 0.303. The molecule has 6 unspecified atom stereocenters. The summed E-state index contributed by atoms with van der Waals surface area (Å²) in [4.78, 5) is 125. The molecule has 0 radical (unpaired) electrons. The zero-order valence-electron chi connectivity index (χ0n) is 43.8. The zero-order chi connectivity index (χ0) is 65.2. The van der Waals surface area contributed by atoms with Crippen LogP contribution in [0.5, 0.6) is 0 Å². The van der Waals surface area contributed by atoms with Gasteiger partial charge in [0.1, 0.15) is 0 Å². The van der Waals surface area contributed by atoms with E-state index in [4.69, 9.17) is 0 Å². The van der Waals surface area contributed by atoms with Crippen molar-refractivity contribution in [1.29, 1.82) is 0 Å². The maximum atomic E-state index is 15.3. The minimum Gasteiger partial charge on any atom is -0.394 e. The van der Waals surface area contributed by atoms with Crippen LogP contribution in [0.15, 0.2) is 0 Å². The standard InChI is InChI=1S/C47H54I9N9O21/c48-27-21(30(51)36(62-39(78)18(75)12-69)32(53)23(27)44(83)59-6-15(72)9-66)42(81)57-2-1-4-65(47(86)26-29(50)25(46(85)61-8-17(74)11-68)34(55)38(35(26)56)64-41(80)20(77)14-71)5-3-58-43(82)22-28(49)24(45(84)60-7-16(73)10-67)33(54)37(31(22)52)63-40(79)19(76)13-70/h15-20,66-77H,1-14H2,(H,57,81)(H,58,82)(H,59,83)(H,60,84)(H,61,85)(H,62,78)(H,63,79)(H,64,80). The average molecular weight is 2220 g/mol. The molecule has 20 N–H and O–H groups in total. The lowest BCUT2D eigenvalue weighted by atomic mass is 10.1. The first-order valence-corrected chi connectivity index (χ1v) is 34.1. The fraction of sp³-hybridized carbons (Fsp3) is 0.426. The fourth-order valence-corrected chi connectivity index (χ4v) is 20.1. The summed E-state index contributed by atoms with van der Waals surface area (Å²) in [6.07, 6.45) is -10.1. The van der Waals surface area contributed by atoms with Crippen LogP contribution in [0.4, 0.5) is 17.1 Å². The van der Waals surface area contributed by atoms with Crippen molar-refractivity contribution >= 4 is 274 Å². The number of nitrogens with zero attached hydrogens (tertiary/aromatic N) is 1. The number of nitrogens with one attached hydrogen (secondary N) is 8. The van der Waals surface area contributed by atoms with E-state index in [9.17, 15) is 99.6 Å². The summed E-state index contributed by atoms with van der Waals surface area (Å²) in [5, 5.41) is 137. The number of aliphatic hydroxyl groups is 12. The molecule has 86 heavy (non-hydrogen) atoms. The Morgan fingerprint density at radius 3 is 0.872 bits per heavy atom. The summed E-state index contributed by atoms with van der Waals surface area (Å²) in [6.45, 7) is -7.88. The minimum atomic E-state index is -1.97. The van der Waals surface area contributed by atoms with Gasteiger partial charge in [-0.2, -0.15) is 0 Å². The molecule has 0 aliphatic carbocycles. The maximum Gasteiger partial charge on any atom is 0.256 e. The van der Waals surface area contributed by atoms with E-state index < -0.39 is 162 Å². The van der Waals surface area contributed by atoms with Gasteiger partial charge in [0.05, 0.1) is 130 Å². The summed E-state index contributed by atoms with van der Waals surface area (Å²) >= 11 is 15.5. The number of carbonyl (C=O) groups is 9. The molecule has 476 valence electrons. The fourth-order valence-electron chi connectivity index (χ4n) is 6.89. The molecule has 0 heterocycles. The van der Waals surface area contributed by atoms with Gasteiger partial charge in [-0.15, -0.1) is 0 Å². The first-order chi connectivity index (χ1) is 40.4. The third-order valence-electron chi connectivity index (χ3n) is 11.4. The van der Waals surface area contributed by atoms with E-state index >= 15 is 4.79 Å². The lowest BCUT2D eigenvalue weighted by Gasteiger charge is -2.27. The summed E-state index contributed by atoms with van der Waals surface area (Å²) in [7, 11) is 0. The Balaban J connectivity index is 2.25. The second-order valence-electron chi connectivity index (χ2n) is 17.6. The quantitative estimate of drug-likeness (QED) is 0.0243. The average Bonchev–Trinajstić information content (AvgIpc) is 1.92. The molecule has 3 aromatic rings. The third-order valence-corrected chi connectivity index (χ3v) is 21.2.